The first kappa shape index (κ1) is 79.1. The predicted octanol–water partition coefficient (Wildman–Crippen LogP) is 5.35. The highest BCUT2D eigenvalue weighted by Crippen LogP contribution is 2.43. The van der Waals surface area contributed by atoms with Crippen LogP contribution >= 0.6 is 15.6 Å². The van der Waals surface area contributed by atoms with Gasteiger partial charge in [0.05, 0.1) is 84.3 Å². The number of rotatable bonds is 48. The number of benzene rings is 1. The van der Waals surface area contributed by atoms with Gasteiger partial charge in [-0.15, -0.1) is 0 Å². The van der Waals surface area contributed by atoms with Crippen LogP contribution in [0.2, 0.25) is 0 Å². The maximum Gasteiger partial charge on any atom is 0.472 e. The molecule has 28 nitrogen and oxygen atoms in total. The van der Waals surface area contributed by atoms with Gasteiger partial charge in [0.2, 0.25) is 23.6 Å². The fourth-order valence-electron chi connectivity index (χ4n) is 7.23. The number of carbonyl (C=O) groups is 9. The van der Waals surface area contributed by atoms with Gasteiger partial charge in [0, 0.05) is 38.8 Å². The molecule has 0 aliphatic heterocycles. The summed E-state index contributed by atoms with van der Waals surface area (Å²) in [4.78, 5) is 133. The summed E-state index contributed by atoms with van der Waals surface area (Å²) in [5.41, 5.74) is -0.229. The molecule has 0 bridgehead atoms. The molecular formula is C57H93N5O23P2. The molecule has 1 rings (SSSR count). The van der Waals surface area contributed by atoms with Gasteiger partial charge >= 0.3 is 33.7 Å². The number of Topliss-reactive ketones (excluding diaryl/α,β-unsaturated/α-hetero) is 2. The summed E-state index contributed by atoms with van der Waals surface area (Å²) in [6.07, 6.45) is 8.69. The van der Waals surface area contributed by atoms with Crippen LogP contribution in [0, 0.1) is 5.92 Å². The molecule has 0 spiro atoms. The third-order valence-electron chi connectivity index (χ3n) is 11.4. The zero-order valence-electron chi connectivity index (χ0n) is 51.6. The molecule has 0 heterocycles. The minimum Gasteiger partial charge on any atom is -0.492 e. The van der Waals surface area contributed by atoms with Crippen LogP contribution in [0.5, 0.6) is 5.75 Å². The highest BCUT2D eigenvalue weighted by Gasteiger charge is 2.30. The van der Waals surface area contributed by atoms with Gasteiger partial charge in [-0.25, -0.2) is 13.9 Å². The number of hydrogen-bond donors (Lipinski definition) is 7. The van der Waals surface area contributed by atoms with Gasteiger partial charge in [-0.3, -0.25) is 56.5 Å². The topological polar surface area (TPSA) is 381 Å². The highest BCUT2D eigenvalue weighted by molar-refractivity contribution is 7.47. The van der Waals surface area contributed by atoms with Crippen LogP contribution < -0.4 is 31.3 Å². The third-order valence-corrected chi connectivity index (χ3v) is 13.4. The SMILES string of the molecule is C/C=C\CCCC(=O)O[C@H](C)CCOCC(COP(=O)(O)OCCNC(=O)C(Cc1ccc(OCCNC(=O)OC(C)(C)C)cc1)C(=O)NCCOP(=O)(O)OCC(COCC[C@@H](C)OC(=O)CCC/C=C\C)NC(=O)CC(C)=O)NC(=O)CC(C)=O. The molecule has 6 atom stereocenters. The molecule has 0 fully saturated rings. The Morgan fingerprint density at radius 2 is 1.01 bits per heavy atom. The van der Waals surface area contributed by atoms with Crippen LogP contribution in [0.3, 0.4) is 0 Å². The van der Waals surface area contributed by atoms with Crippen molar-refractivity contribution in [3.8, 4) is 5.75 Å². The predicted molar refractivity (Wildman–Crippen MR) is 317 cm³/mol. The smallest absolute Gasteiger partial charge is 0.472 e. The molecule has 0 saturated carbocycles. The average molecular weight is 1280 g/mol. The van der Waals surface area contributed by atoms with E-state index >= 15 is 0 Å². The van der Waals surface area contributed by atoms with E-state index in [4.69, 9.17) is 46.5 Å². The summed E-state index contributed by atoms with van der Waals surface area (Å²) in [5, 5.41) is 12.5. The first-order valence-electron chi connectivity index (χ1n) is 28.8. The van der Waals surface area contributed by atoms with Crippen molar-refractivity contribution in [1.82, 2.24) is 26.6 Å². The van der Waals surface area contributed by atoms with Gasteiger partial charge in [0.1, 0.15) is 47.6 Å². The summed E-state index contributed by atoms with van der Waals surface area (Å²) in [6.45, 7) is 11.2. The average Bonchev–Trinajstić information content (AvgIpc) is 3.62. The quantitative estimate of drug-likeness (QED) is 0.0108. The Morgan fingerprint density at radius 1 is 0.586 bits per heavy atom. The number of phosphoric acid groups is 2. The normalized spacial score (nSPS) is 14.7. The number of amides is 5. The Bertz CT molecular complexity index is 2310. The Kier molecular flexibility index (Phi) is 40.4. The second kappa shape index (κ2) is 44.5. The standard InChI is InChI=1S/C57H93N5O23P2/c1-10-12-14-16-18-52(67)83-43(5)24-29-76-37-46(61-50(65)34-41(3)63)39-81-86(72,73)79-32-27-58-54(69)49(36-45-20-22-48(23-21-45)78-31-26-60-56(71)85-57(7,8)9)55(70)59-28-33-80-87(74,75)82-40-47(62-51(66)35-42(4)64)38-77-30-25-44(6)84-53(68)19-17-15-13-11-2/h10-13,20-23,43-44,46-47,49H,14-19,24-40H2,1-9H3,(H,58,69)(H,59,70)(H,60,71)(H,61,65)(H,62,66)(H,72,73)(H,74,75)/b12-10-,13-11-/t43-,44-,46?,47?,49?/m1/s1. The van der Waals surface area contributed by atoms with Crippen molar-refractivity contribution in [2.45, 2.75) is 163 Å². The largest absolute Gasteiger partial charge is 0.492 e. The van der Waals surface area contributed by atoms with E-state index < -0.39 is 145 Å². The minimum absolute atomic E-state index is 0.0660. The van der Waals surface area contributed by atoms with Crippen molar-refractivity contribution in [3.63, 3.8) is 0 Å². The van der Waals surface area contributed by atoms with E-state index in [1.54, 1.807) is 58.9 Å². The highest BCUT2D eigenvalue weighted by atomic mass is 31.2. The van der Waals surface area contributed by atoms with Crippen molar-refractivity contribution in [1.29, 1.82) is 0 Å². The molecule has 5 amide bonds. The Morgan fingerprint density at radius 3 is 1.41 bits per heavy atom. The molecule has 1 aromatic carbocycles. The fourth-order valence-corrected chi connectivity index (χ4v) is 8.76. The Labute approximate surface area is 510 Å². The molecule has 87 heavy (non-hydrogen) atoms. The van der Waals surface area contributed by atoms with Gasteiger partial charge in [0.25, 0.3) is 0 Å². The minimum atomic E-state index is -4.89. The van der Waals surface area contributed by atoms with Crippen molar-refractivity contribution >= 4 is 68.9 Å². The molecular weight excluding hydrogens is 1180 g/mol. The fraction of sp³-hybridized carbons (Fsp3) is 0.667. The molecule has 0 aliphatic rings. The third kappa shape index (κ3) is 43.4. The summed E-state index contributed by atoms with van der Waals surface area (Å²) in [5.74, 6) is -5.88. The number of unbranched alkanes of at least 4 members (excludes halogenated alkanes) is 2. The van der Waals surface area contributed by atoms with Crippen LogP contribution in [-0.2, 0) is 95.7 Å². The lowest BCUT2D eigenvalue weighted by Crippen LogP contribution is -2.44. The van der Waals surface area contributed by atoms with Gasteiger partial charge < -0.3 is 64.8 Å². The molecule has 0 saturated heterocycles. The van der Waals surface area contributed by atoms with Crippen LogP contribution in [0.15, 0.2) is 48.6 Å². The zero-order valence-corrected chi connectivity index (χ0v) is 53.4. The van der Waals surface area contributed by atoms with E-state index in [2.05, 4.69) is 26.6 Å². The maximum absolute atomic E-state index is 13.7. The van der Waals surface area contributed by atoms with E-state index in [-0.39, 0.29) is 70.8 Å². The zero-order chi connectivity index (χ0) is 65.3. The second-order valence-corrected chi connectivity index (χ2v) is 23.9. The van der Waals surface area contributed by atoms with Crippen LogP contribution in [0.4, 0.5) is 4.79 Å². The number of carbonyl (C=O) groups excluding carboxylic acids is 9. The lowest BCUT2D eigenvalue weighted by molar-refractivity contribution is -0.150. The van der Waals surface area contributed by atoms with Gasteiger partial charge in [0.15, 0.2) is 0 Å². The second-order valence-electron chi connectivity index (χ2n) is 21.0. The summed E-state index contributed by atoms with van der Waals surface area (Å²) < 4.78 is 79.3. The number of ketones is 2. The maximum atomic E-state index is 13.7. The van der Waals surface area contributed by atoms with E-state index in [0.29, 0.717) is 37.0 Å². The Balaban J connectivity index is 3.01. The number of hydrogen-bond acceptors (Lipinski definition) is 21. The van der Waals surface area contributed by atoms with Crippen molar-refractivity contribution < 1.29 is 109 Å². The lowest BCUT2D eigenvalue weighted by atomic mass is 9.97. The van der Waals surface area contributed by atoms with Gasteiger partial charge in [-0.05, 0) is 112 Å². The van der Waals surface area contributed by atoms with E-state index in [1.807, 2.05) is 38.2 Å². The van der Waals surface area contributed by atoms with E-state index in [0.717, 1.165) is 12.8 Å². The lowest BCUT2D eigenvalue weighted by Gasteiger charge is -2.21. The van der Waals surface area contributed by atoms with Crippen molar-refractivity contribution in [3.05, 3.63) is 54.1 Å². The molecule has 0 radical (unpaired) electrons. The number of esters is 2. The molecule has 7 N–H and O–H groups in total. The van der Waals surface area contributed by atoms with Crippen molar-refractivity contribution in [2.75, 3.05) is 79.1 Å². The molecule has 494 valence electrons. The number of allylic oxidation sites excluding steroid dienone is 4. The monoisotopic (exact) mass is 1280 g/mol. The van der Waals surface area contributed by atoms with Crippen molar-refractivity contribution in [2.24, 2.45) is 5.92 Å². The molecule has 0 aliphatic carbocycles. The number of nitrogens with one attached hydrogen (secondary N) is 5. The molecule has 4 unspecified atom stereocenters. The van der Waals surface area contributed by atoms with E-state index in [9.17, 15) is 62.1 Å². The first-order chi connectivity index (χ1) is 41.0. The summed E-state index contributed by atoms with van der Waals surface area (Å²) in [6, 6.07) is 4.21. The number of alkyl carbamates (subject to hydrolysis) is 1. The van der Waals surface area contributed by atoms with Crippen LogP contribution in [0.25, 0.3) is 0 Å². The number of phosphoric ester groups is 2. The van der Waals surface area contributed by atoms with Crippen LogP contribution in [-0.4, -0.2) is 172 Å². The summed E-state index contributed by atoms with van der Waals surface area (Å²) in [7, 11) is -9.77. The molecule has 0 aromatic heterocycles. The van der Waals surface area contributed by atoms with E-state index in [1.165, 1.54) is 13.8 Å². The Hall–Kier alpha value is -5.93. The molecule has 30 heteroatoms. The van der Waals surface area contributed by atoms with Crippen LogP contribution in [0.1, 0.15) is 132 Å². The number of ether oxygens (including phenoxy) is 6. The molecule has 1 aromatic rings. The first-order valence-corrected chi connectivity index (χ1v) is 31.8. The van der Waals surface area contributed by atoms with Gasteiger partial charge in [-0.2, -0.15) is 0 Å². The van der Waals surface area contributed by atoms with Gasteiger partial charge in [-0.1, -0.05) is 36.4 Å². The summed E-state index contributed by atoms with van der Waals surface area (Å²) >= 11 is 0.